The van der Waals surface area contributed by atoms with Crippen LogP contribution < -0.4 is 0 Å². The Morgan fingerprint density at radius 1 is 1.26 bits per heavy atom. The molecule has 1 aromatic rings. The molecule has 148 valence electrons. The summed E-state index contributed by atoms with van der Waals surface area (Å²) < 4.78 is 14.2. The molecule has 1 N–H and O–H groups in total. The Labute approximate surface area is 174 Å². The number of carbonyl (C=O) groups is 2. The van der Waals surface area contributed by atoms with Crippen molar-refractivity contribution >= 4 is 34.3 Å². The average Bonchev–Trinajstić information content (AvgIpc) is 2.81. The summed E-state index contributed by atoms with van der Waals surface area (Å²) in [6.07, 6.45) is 6.18. The van der Waals surface area contributed by atoms with E-state index in [-0.39, 0.29) is 24.0 Å². The second kappa shape index (κ2) is 10.3. The second-order valence-electron chi connectivity index (χ2n) is 7.42. The maximum absolute atomic E-state index is 14.8. The third kappa shape index (κ3) is 5.87. The zero-order valence-corrected chi connectivity index (χ0v) is 18.1. The lowest BCUT2D eigenvalue weighted by molar-refractivity contribution is -0.137. The van der Waals surface area contributed by atoms with E-state index in [1.807, 2.05) is 40.8 Å². The first kappa shape index (κ1) is 22.1. The number of halogens is 2. The van der Waals surface area contributed by atoms with Crippen LogP contribution in [0.4, 0.5) is 4.39 Å². The molecule has 1 saturated carbocycles. The van der Waals surface area contributed by atoms with Crippen LogP contribution in [-0.4, -0.2) is 27.0 Å². The number of alkyl halides is 2. The summed E-state index contributed by atoms with van der Waals surface area (Å²) in [5.74, 6) is -1.30. The van der Waals surface area contributed by atoms with Gasteiger partial charge < -0.3 is 5.11 Å². The summed E-state index contributed by atoms with van der Waals surface area (Å²) >= 11 is 1.95. The van der Waals surface area contributed by atoms with Crippen LogP contribution >= 0.6 is 22.6 Å². The van der Waals surface area contributed by atoms with E-state index in [0.717, 1.165) is 6.42 Å². The topological polar surface area (TPSA) is 54.4 Å². The van der Waals surface area contributed by atoms with E-state index >= 15 is 0 Å². The first-order valence-electron chi connectivity index (χ1n) is 9.56. The average molecular weight is 486 g/mol. The molecule has 2 unspecified atom stereocenters. The van der Waals surface area contributed by atoms with Gasteiger partial charge in [0.1, 0.15) is 10.1 Å². The van der Waals surface area contributed by atoms with Crippen molar-refractivity contribution in [2.75, 3.05) is 0 Å². The molecule has 2 rings (SSSR count). The maximum Gasteiger partial charge on any atom is 0.303 e. The van der Waals surface area contributed by atoms with Crippen LogP contribution in [-0.2, 0) is 16.0 Å². The third-order valence-corrected chi connectivity index (χ3v) is 6.83. The molecule has 0 bridgehead atoms. The first-order chi connectivity index (χ1) is 12.8. The Hall–Kier alpha value is -1.24. The highest BCUT2D eigenvalue weighted by Gasteiger charge is 2.48. The summed E-state index contributed by atoms with van der Waals surface area (Å²) in [5.41, 5.74) is 3.70. The van der Waals surface area contributed by atoms with Gasteiger partial charge in [-0.3, -0.25) is 9.59 Å². The van der Waals surface area contributed by atoms with Crippen LogP contribution in [0.2, 0.25) is 0 Å². The fourth-order valence-electron chi connectivity index (χ4n) is 3.95. The molecule has 4 atom stereocenters. The maximum atomic E-state index is 14.8. The molecule has 1 aliphatic carbocycles. The quantitative estimate of drug-likeness (QED) is 0.220. The van der Waals surface area contributed by atoms with E-state index in [1.165, 1.54) is 16.7 Å². The van der Waals surface area contributed by atoms with Gasteiger partial charge in [0.15, 0.2) is 5.78 Å². The van der Waals surface area contributed by atoms with Crippen LogP contribution in [0.15, 0.2) is 30.4 Å². The molecule has 0 aromatic heterocycles. The van der Waals surface area contributed by atoms with Crippen LogP contribution in [0, 0.1) is 25.7 Å². The number of carboxylic acids is 1. The van der Waals surface area contributed by atoms with Gasteiger partial charge >= 0.3 is 5.97 Å². The normalized spacial score (nSPS) is 25.4. The third-order valence-electron chi connectivity index (χ3n) is 5.53. The minimum absolute atomic E-state index is 0.0183. The predicted molar refractivity (Wildman–Crippen MR) is 114 cm³/mol. The first-order valence-corrected chi connectivity index (χ1v) is 10.8. The Balaban J connectivity index is 1.98. The Bertz CT molecular complexity index is 681. The number of ketones is 1. The highest BCUT2D eigenvalue weighted by Crippen LogP contribution is 2.41. The highest BCUT2D eigenvalue weighted by atomic mass is 127. The number of carboxylic acid groups (broad SMARTS) is 1. The molecular weight excluding hydrogens is 458 g/mol. The number of Topliss-reactive ketones (excluding diaryl/α,β-unsaturated/α-hetero) is 1. The van der Waals surface area contributed by atoms with Gasteiger partial charge in [-0.15, -0.1) is 0 Å². The van der Waals surface area contributed by atoms with E-state index in [1.54, 1.807) is 0 Å². The van der Waals surface area contributed by atoms with Gasteiger partial charge in [-0.05, 0) is 62.6 Å². The zero-order valence-electron chi connectivity index (χ0n) is 16.0. The monoisotopic (exact) mass is 486 g/mol. The Morgan fingerprint density at radius 2 is 1.93 bits per heavy atom. The smallest absolute Gasteiger partial charge is 0.303 e. The molecular formula is C22H28FIO3. The second-order valence-corrected chi connectivity index (χ2v) is 8.76. The predicted octanol–water partition coefficient (Wildman–Crippen LogP) is 5.39. The summed E-state index contributed by atoms with van der Waals surface area (Å²) in [7, 11) is 0. The molecule has 27 heavy (non-hydrogen) atoms. The van der Waals surface area contributed by atoms with Gasteiger partial charge in [0.25, 0.3) is 0 Å². The fourth-order valence-corrected chi connectivity index (χ4v) is 4.94. The molecule has 0 aliphatic heterocycles. The summed E-state index contributed by atoms with van der Waals surface area (Å²) in [6.45, 7) is 4.15. The van der Waals surface area contributed by atoms with Crippen LogP contribution in [0.25, 0.3) is 0 Å². The van der Waals surface area contributed by atoms with Crippen molar-refractivity contribution in [2.45, 2.75) is 62.5 Å². The lowest BCUT2D eigenvalue weighted by Gasteiger charge is -2.20. The van der Waals surface area contributed by atoms with Crippen molar-refractivity contribution in [1.82, 2.24) is 0 Å². The van der Waals surface area contributed by atoms with Crippen molar-refractivity contribution in [3.63, 3.8) is 0 Å². The summed E-state index contributed by atoms with van der Waals surface area (Å²) in [6, 6.07) is 6.19. The Morgan fingerprint density at radius 3 is 2.56 bits per heavy atom. The molecule has 1 aliphatic rings. The van der Waals surface area contributed by atoms with Crippen molar-refractivity contribution in [3.05, 3.63) is 47.0 Å². The van der Waals surface area contributed by atoms with Gasteiger partial charge in [-0.2, -0.15) is 0 Å². The number of benzene rings is 1. The van der Waals surface area contributed by atoms with Crippen LogP contribution in [0.5, 0.6) is 0 Å². The van der Waals surface area contributed by atoms with Gasteiger partial charge in [0.05, 0.1) is 0 Å². The van der Waals surface area contributed by atoms with Crippen LogP contribution in [0.1, 0.15) is 48.8 Å². The summed E-state index contributed by atoms with van der Waals surface area (Å²) in [5, 5.41) is 8.65. The molecule has 1 fully saturated rings. The molecule has 0 saturated heterocycles. The van der Waals surface area contributed by atoms with Crippen molar-refractivity contribution < 1.29 is 19.1 Å². The molecule has 3 nitrogen and oxygen atoms in total. The Kier molecular flexibility index (Phi) is 8.45. The van der Waals surface area contributed by atoms with Crippen molar-refractivity contribution in [1.29, 1.82) is 0 Å². The molecule has 0 radical (unpaired) electrons. The molecule has 1 aromatic carbocycles. The highest BCUT2D eigenvalue weighted by molar-refractivity contribution is 14.1. The lowest BCUT2D eigenvalue weighted by Crippen LogP contribution is -2.20. The fraction of sp³-hybridized carbons (Fsp3) is 0.545. The number of rotatable bonds is 9. The lowest BCUT2D eigenvalue weighted by atomic mass is 9.85. The van der Waals surface area contributed by atoms with E-state index < -0.39 is 16.1 Å². The number of unbranched alkanes of at least 4 members (excludes halogenated alkanes) is 1. The van der Waals surface area contributed by atoms with Gasteiger partial charge in [-0.1, -0.05) is 52.9 Å². The number of hydrogen-bond acceptors (Lipinski definition) is 2. The molecule has 0 spiro atoms. The molecule has 0 heterocycles. The number of allylic oxidation sites excluding steroid dienone is 2. The van der Waals surface area contributed by atoms with Gasteiger partial charge in [0, 0.05) is 18.3 Å². The van der Waals surface area contributed by atoms with E-state index in [4.69, 9.17) is 5.11 Å². The minimum atomic E-state index is -1.09. The van der Waals surface area contributed by atoms with Gasteiger partial charge in [0.2, 0.25) is 0 Å². The number of aryl methyl sites for hydroxylation is 2. The SMILES string of the molecule is Cc1cccc(C)c1CC[C@H]1C(F)C(I)C(=O)[C@@H]1CC=CCCCC(=O)O. The zero-order chi connectivity index (χ0) is 20.0. The minimum Gasteiger partial charge on any atom is -0.481 e. The number of aliphatic carboxylic acids is 1. The van der Waals surface area contributed by atoms with Crippen LogP contribution in [0.3, 0.4) is 0 Å². The van der Waals surface area contributed by atoms with E-state index in [9.17, 15) is 14.0 Å². The number of hydrogen-bond donors (Lipinski definition) is 1. The standard InChI is InChI=1S/C22H28FIO3/c1-14-8-7-9-15(2)16(14)12-13-17-18(22(27)21(24)20(17)23)10-5-3-4-6-11-19(25)26/h3,5,7-9,17-18,20-21H,4,6,10-13H2,1-2H3,(H,25,26)/t17-,18-,20?,21?/m1/s1. The van der Waals surface area contributed by atoms with Crippen molar-refractivity contribution in [2.24, 2.45) is 11.8 Å². The van der Waals surface area contributed by atoms with E-state index in [0.29, 0.717) is 25.7 Å². The number of carbonyl (C=O) groups excluding carboxylic acids is 1. The summed E-state index contributed by atoms with van der Waals surface area (Å²) in [4.78, 5) is 23.0. The molecule has 0 amide bonds. The largest absolute Gasteiger partial charge is 0.481 e. The van der Waals surface area contributed by atoms with Gasteiger partial charge in [-0.25, -0.2) is 4.39 Å². The van der Waals surface area contributed by atoms with Crippen molar-refractivity contribution in [3.8, 4) is 0 Å². The molecule has 5 heteroatoms. The van der Waals surface area contributed by atoms with E-state index in [2.05, 4.69) is 26.0 Å².